The predicted octanol–water partition coefficient (Wildman–Crippen LogP) is 4.42. The highest BCUT2D eigenvalue weighted by atomic mass is 16.6. The van der Waals surface area contributed by atoms with Crippen LogP contribution in [0.1, 0.15) is 29.3 Å². The SMILES string of the molecule is CC(CC(Cc1ccc(-c2ccccc2)cc1)NC(=O)c1ccc(O)c([N+](=O)[O-])c1)C(=O)O. The second-order valence-electron chi connectivity index (χ2n) is 7.87. The molecule has 2 unspecified atom stereocenters. The maximum absolute atomic E-state index is 12.8. The number of rotatable bonds is 9. The summed E-state index contributed by atoms with van der Waals surface area (Å²) in [7, 11) is 0. The van der Waals surface area contributed by atoms with E-state index < -0.39 is 40.2 Å². The number of carboxylic acids is 1. The molecule has 3 rings (SSSR count). The Morgan fingerprint density at radius 1 is 1.00 bits per heavy atom. The van der Waals surface area contributed by atoms with Crippen LogP contribution < -0.4 is 5.32 Å². The number of phenols is 1. The summed E-state index contributed by atoms with van der Waals surface area (Å²) >= 11 is 0. The van der Waals surface area contributed by atoms with Crippen LogP contribution in [-0.4, -0.2) is 33.1 Å². The zero-order chi connectivity index (χ0) is 24.0. The number of nitro groups is 1. The number of carboxylic acid groups (broad SMARTS) is 1. The molecule has 0 aliphatic rings. The Hall–Kier alpha value is -4.20. The fourth-order valence-electron chi connectivity index (χ4n) is 3.55. The summed E-state index contributed by atoms with van der Waals surface area (Å²) in [5.74, 6) is -2.80. The largest absolute Gasteiger partial charge is 0.502 e. The van der Waals surface area contributed by atoms with Crippen LogP contribution in [-0.2, 0) is 11.2 Å². The predicted molar refractivity (Wildman–Crippen MR) is 123 cm³/mol. The van der Waals surface area contributed by atoms with Crippen molar-refractivity contribution in [2.24, 2.45) is 5.92 Å². The molecule has 0 aliphatic carbocycles. The monoisotopic (exact) mass is 448 g/mol. The molecule has 3 aromatic carbocycles. The van der Waals surface area contributed by atoms with Gasteiger partial charge in [0.05, 0.1) is 10.8 Å². The highest BCUT2D eigenvalue weighted by Gasteiger charge is 2.23. The van der Waals surface area contributed by atoms with Crippen LogP contribution >= 0.6 is 0 Å². The van der Waals surface area contributed by atoms with Crippen LogP contribution in [0, 0.1) is 16.0 Å². The number of aromatic hydroxyl groups is 1. The Bertz CT molecular complexity index is 1150. The first-order valence-electron chi connectivity index (χ1n) is 10.4. The van der Waals surface area contributed by atoms with Gasteiger partial charge in [-0.1, -0.05) is 61.5 Å². The van der Waals surface area contributed by atoms with Gasteiger partial charge in [-0.2, -0.15) is 0 Å². The second-order valence-corrected chi connectivity index (χ2v) is 7.87. The number of nitro benzene ring substituents is 1. The van der Waals surface area contributed by atoms with Gasteiger partial charge < -0.3 is 15.5 Å². The molecule has 0 saturated carbocycles. The minimum atomic E-state index is -0.978. The average molecular weight is 448 g/mol. The maximum Gasteiger partial charge on any atom is 0.311 e. The molecule has 0 aliphatic heterocycles. The Kier molecular flexibility index (Phi) is 7.40. The van der Waals surface area contributed by atoms with Crippen LogP contribution in [0.5, 0.6) is 5.75 Å². The van der Waals surface area contributed by atoms with Gasteiger partial charge in [0.1, 0.15) is 0 Å². The second kappa shape index (κ2) is 10.4. The molecule has 1 amide bonds. The molecular weight excluding hydrogens is 424 g/mol. The molecule has 0 saturated heterocycles. The van der Waals surface area contributed by atoms with Gasteiger partial charge in [-0.15, -0.1) is 0 Å². The maximum atomic E-state index is 12.8. The minimum absolute atomic E-state index is 0.00639. The van der Waals surface area contributed by atoms with Gasteiger partial charge in [-0.05, 0) is 41.7 Å². The Labute approximate surface area is 190 Å². The van der Waals surface area contributed by atoms with E-state index in [0.717, 1.165) is 28.8 Å². The quantitative estimate of drug-likeness (QED) is 0.328. The lowest BCUT2D eigenvalue weighted by atomic mass is 9.94. The minimum Gasteiger partial charge on any atom is -0.502 e. The third-order valence-electron chi connectivity index (χ3n) is 5.37. The third kappa shape index (κ3) is 6.16. The van der Waals surface area contributed by atoms with Crippen molar-refractivity contribution >= 4 is 17.6 Å². The number of hydrogen-bond donors (Lipinski definition) is 3. The Morgan fingerprint density at radius 2 is 1.64 bits per heavy atom. The summed E-state index contributed by atoms with van der Waals surface area (Å²) < 4.78 is 0. The molecule has 0 spiro atoms. The smallest absolute Gasteiger partial charge is 0.311 e. The first-order valence-corrected chi connectivity index (χ1v) is 10.4. The zero-order valence-corrected chi connectivity index (χ0v) is 18.0. The number of aliphatic carboxylic acids is 1. The van der Waals surface area contributed by atoms with E-state index in [9.17, 15) is 29.9 Å². The number of carbonyl (C=O) groups is 2. The lowest BCUT2D eigenvalue weighted by Gasteiger charge is -2.21. The molecule has 170 valence electrons. The molecule has 0 fully saturated rings. The number of nitrogens with one attached hydrogen (secondary N) is 1. The van der Waals surface area contributed by atoms with Gasteiger partial charge in [0.25, 0.3) is 5.91 Å². The van der Waals surface area contributed by atoms with Crippen molar-refractivity contribution in [1.82, 2.24) is 5.32 Å². The Balaban J connectivity index is 1.78. The van der Waals surface area contributed by atoms with Gasteiger partial charge in [-0.25, -0.2) is 0 Å². The van der Waals surface area contributed by atoms with Crippen molar-refractivity contribution in [1.29, 1.82) is 0 Å². The van der Waals surface area contributed by atoms with Crippen molar-refractivity contribution in [3.8, 4) is 16.9 Å². The Morgan fingerprint density at radius 3 is 2.24 bits per heavy atom. The summed E-state index contributed by atoms with van der Waals surface area (Å²) in [5, 5.41) is 32.8. The van der Waals surface area contributed by atoms with Crippen molar-refractivity contribution < 1.29 is 24.7 Å². The van der Waals surface area contributed by atoms with Crippen LogP contribution in [0.25, 0.3) is 11.1 Å². The number of carbonyl (C=O) groups excluding carboxylic acids is 1. The molecule has 2 atom stereocenters. The topological polar surface area (TPSA) is 130 Å². The van der Waals surface area contributed by atoms with Crippen LogP contribution in [0.2, 0.25) is 0 Å². The fraction of sp³-hybridized carbons (Fsp3) is 0.200. The number of amides is 1. The van der Waals surface area contributed by atoms with Crippen LogP contribution in [0.4, 0.5) is 5.69 Å². The van der Waals surface area contributed by atoms with E-state index >= 15 is 0 Å². The van der Waals surface area contributed by atoms with E-state index in [1.807, 2.05) is 54.6 Å². The third-order valence-corrected chi connectivity index (χ3v) is 5.37. The van der Waals surface area contributed by atoms with Gasteiger partial charge in [0, 0.05) is 17.7 Å². The van der Waals surface area contributed by atoms with Crippen molar-refractivity contribution in [2.75, 3.05) is 0 Å². The van der Waals surface area contributed by atoms with Gasteiger partial charge >= 0.3 is 11.7 Å². The first-order chi connectivity index (χ1) is 15.7. The van der Waals surface area contributed by atoms with Crippen molar-refractivity contribution in [3.05, 3.63) is 94.0 Å². The van der Waals surface area contributed by atoms with Crippen LogP contribution in [0.3, 0.4) is 0 Å². The highest BCUT2D eigenvalue weighted by molar-refractivity contribution is 5.95. The molecule has 0 heterocycles. The molecule has 8 nitrogen and oxygen atoms in total. The lowest BCUT2D eigenvalue weighted by Crippen LogP contribution is -2.38. The van der Waals surface area contributed by atoms with Gasteiger partial charge in [-0.3, -0.25) is 19.7 Å². The normalized spacial score (nSPS) is 12.5. The van der Waals surface area contributed by atoms with E-state index in [0.29, 0.717) is 6.42 Å². The van der Waals surface area contributed by atoms with E-state index in [1.54, 1.807) is 6.92 Å². The fourth-order valence-corrected chi connectivity index (χ4v) is 3.55. The number of nitrogens with zero attached hydrogens (tertiary/aromatic N) is 1. The van der Waals surface area contributed by atoms with E-state index in [-0.39, 0.29) is 12.0 Å². The number of hydrogen-bond acceptors (Lipinski definition) is 5. The van der Waals surface area contributed by atoms with Crippen molar-refractivity contribution in [3.63, 3.8) is 0 Å². The molecule has 3 aromatic rings. The standard InChI is InChI=1S/C25H24N2O6/c1-16(25(30)31)13-21(26-24(29)20-11-12-23(28)22(15-20)27(32)33)14-17-7-9-19(10-8-17)18-5-3-2-4-6-18/h2-12,15-16,21,28H,13-14H2,1H3,(H,26,29)(H,30,31). The van der Waals surface area contributed by atoms with E-state index in [1.165, 1.54) is 6.07 Å². The van der Waals surface area contributed by atoms with Crippen LogP contribution in [0.15, 0.2) is 72.8 Å². The number of benzene rings is 3. The molecule has 0 radical (unpaired) electrons. The summed E-state index contributed by atoms with van der Waals surface area (Å²) in [5.41, 5.74) is 2.45. The summed E-state index contributed by atoms with van der Waals surface area (Å²) in [4.78, 5) is 34.4. The van der Waals surface area contributed by atoms with Gasteiger partial charge in [0.2, 0.25) is 0 Å². The number of phenolic OH excluding ortho intramolecular Hbond substituents is 1. The average Bonchev–Trinajstić information content (AvgIpc) is 2.80. The highest BCUT2D eigenvalue weighted by Crippen LogP contribution is 2.26. The summed E-state index contributed by atoms with van der Waals surface area (Å²) in [6, 6.07) is 20.5. The zero-order valence-electron chi connectivity index (χ0n) is 18.0. The van der Waals surface area contributed by atoms with Gasteiger partial charge in [0.15, 0.2) is 5.75 Å². The molecule has 0 aromatic heterocycles. The summed E-state index contributed by atoms with van der Waals surface area (Å²) in [6.07, 6.45) is 0.570. The lowest BCUT2D eigenvalue weighted by molar-refractivity contribution is -0.385. The first kappa shape index (κ1) is 23.5. The summed E-state index contributed by atoms with van der Waals surface area (Å²) in [6.45, 7) is 1.56. The van der Waals surface area contributed by atoms with Crippen molar-refractivity contribution in [2.45, 2.75) is 25.8 Å². The van der Waals surface area contributed by atoms with E-state index in [2.05, 4.69) is 5.32 Å². The molecule has 33 heavy (non-hydrogen) atoms. The molecule has 8 heteroatoms. The molecule has 0 bridgehead atoms. The molecular formula is C25H24N2O6. The van der Waals surface area contributed by atoms with E-state index in [4.69, 9.17) is 0 Å². The molecule has 3 N–H and O–H groups in total.